The SMILES string of the molecule is CCC(NC(=O)c1cc(C(F)(F)F)ccc1F)C(O)N1CCC2(CC1)C(=O)N(C)C(=O)N2c1ccc2n[nH]nc2c1. The summed E-state index contributed by atoms with van der Waals surface area (Å²) in [6, 6.07) is 5.09. The lowest BCUT2D eigenvalue weighted by molar-refractivity contribution is -0.137. The Balaban J connectivity index is 1.32. The van der Waals surface area contributed by atoms with Crippen LogP contribution >= 0.6 is 0 Å². The van der Waals surface area contributed by atoms with E-state index in [2.05, 4.69) is 20.7 Å². The molecule has 2 unspecified atom stereocenters. The summed E-state index contributed by atoms with van der Waals surface area (Å²) in [6.07, 6.45) is -5.57. The molecular formula is C26H27F4N7O4. The van der Waals surface area contributed by atoms with E-state index in [0.29, 0.717) is 34.9 Å². The molecule has 2 aliphatic heterocycles. The van der Waals surface area contributed by atoms with Gasteiger partial charge in [0.25, 0.3) is 11.8 Å². The summed E-state index contributed by atoms with van der Waals surface area (Å²) >= 11 is 0. The van der Waals surface area contributed by atoms with Gasteiger partial charge in [0.2, 0.25) is 0 Å². The van der Waals surface area contributed by atoms with Crippen LogP contribution in [0.5, 0.6) is 0 Å². The second-order valence-electron chi connectivity index (χ2n) is 10.1. The number of aliphatic hydroxyl groups is 1. The van der Waals surface area contributed by atoms with Crippen LogP contribution in [0, 0.1) is 5.82 Å². The van der Waals surface area contributed by atoms with Crippen LogP contribution in [0.25, 0.3) is 11.0 Å². The van der Waals surface area contributed by atoms with E-state index in [1.54, 1.807) is 30.0 Å². The Kier molecular flexibility index (Phi) is 7.19. The topological polar surface area (TPSA) is 135 Å². The Morgan fingerprint density at radius 1 is 1.12 bits per heavy atom. The summed E-state index contributed by atoms with van der Waals surface area (Å²) in [7, 11) is 1.40. The molecule has 11 nitrogen and oxygen atoms in total. The second-order valence-corrected chi connectivity index (χ2v) is 10.1. The molecule has 2 saturated heterocycles. The minimum Gasteiger partial charge on any atom is -0.376 e. The fourth-order valence-electron chi connectivity index (χ4n) is 5.51. The third-order valence-electron chi connectivity index (χ3n) is 7.82. The number of alkyl halides is 3. The Hall–Kier alpha value is -4.11. The summed E-state index contributed by atoms with van der Waals surface area (Å²) in [4.78, 5) is 43.4. The number of nitrogens with zero attached hydrogens (tertiary/aromatic N) is 5. The number of aromatic nitrogens is 3. The molecule has 2 atom stereocenters. The molecule has 41 heavy (non-hydrogen) atoms. The Labute approximate surface area is 231 Å². The lowest BCUT2D eigenvalue weighted by Crippen LogP contribution is -2.61. The standard InChI is InChI=1S/C26H27F4N7O4/c1-3-18(31-21(38)16-12-14(26(28,29)30)4-6-17(16)27)22(39)36-10-8-25(9-11-36)23(40)35(2)24(41)37(25)15-5-7-19-20(13-15)33-34-32-19/h4-7,12-13,18,22,39H,3,8-11H2,1-2H3,(H,31,38)(H,32,33,34). The highest BCUT2D eigenvalue weighted by Gasteiger charge is 2.58. The Morgan fingerprint density at radius 2 is 1.80 bits per heavy atom. The number of benzene rings is 2. The molecular weight excluding hydrogens is 550 g/mol. The van der Waals surface area contributed by atoms with Crippen LogP contribution in [0.4, 0.5) is 28.0 Å². The number of imide groups is 1. The van der Waals surface area contributed by atoms with Gasteiger partial charge >= 0.3 is 12.2 Å². The van der Waals surface area contributed by atoms with Crippen molar-refractivity contribution in [1.82, 2.24) is 30.5 Å². The number of carbonyl (C=O) groups excluding carboxylic acids is 3. The zero-order chi connectivity index (χ0) is 29.7. The number of anilines is 1. The van der Waals surface area contributed by atoms with E-state index >= 15 is 0 Å². The van der Waals surface area contributed by atoms with Crippen LogP contribution in [-0.2, 0) is 11.0 Å². The summed E-state index contributed by atoms with van der Waals surface area (Å²) in [5.74, 6) is -2.62. The van der Waals surface area contributed by atoms with Crippen LogP contribution in [0.2, 0.25) is 0 Å². The third-order valence-corrected chi connectivity index (χ3v) is 7.82. The lowest BCUT2D eigenvalue weighted by Gasteiger charge is -2.44. The molecule has 0 bridgehead atoms. The monoisotopic (exact) mass is 577 g/mol. The first kappa shape index (κ1) is 28.4. The van der Waals surface area contributed by atoms with Crippen molar-refractivity contribution in [2.45, 2.75) is 50.2 Å². The van der Waals surface area contributed by atoms with Gasteiger partial charge in [0.05, 0.1) is 17.2 Å². The minimum absolute atomic E-state index is 0.154. The van der Waals surface area contributed by atoms with Crippen LogP contribution in [-0.4, -0.2) is 86.1 Å². The maximum absolute atomic E-state index is 14.3. The number of urea groups is 1. The zero-order valence-corrected chi connectivity index (χ0v) is 22.1. The Morgan fingerprint density at radius 3 is 2.46 bits per heavy atom. The average Bonchev–Trinajstić information content (AvgIpc) is 3.48. The molecule has 0 saturated carbocycles. The van der Waals surface area contributed by atoms with E-state index in [4.69, 9.17) is 0 Å². The molecule has 5 rings (SSSR count). The van der Waals surface area contributed by atoms with Gasteiger partial charge in [-0.15, -0.1) is 0 Å². The van der Waals surface area contributed by atoms with Crippen molar-refractivity contribution in [3.8, 4) is 0 Å². The van der Waals surface area contributed by atoms with E-state index in [1.807, 2.05) is 0 Å². The molecule has 1 aromatic heterocycles. The smallest absolute Gasteiger partial charge is 0.376 e. The summed E-state index contributed by atoms with van der Waals surface area (Å²) < 4.78 is 53.5. The Bertz CT molecular complexity index is 1500. The molecule has 3 heterocycles. The van der Waals surface area contributed by atoms with Crippen LogP contribution in [0.15, 0.2) is 36.4 Å². The fraction of sp³-hybridized carbons (Fsp3) is 0.423. The second kappa shape index (κ2) is 10.4. The average molecular weight is 578 g/mol. The largest absolute Gasteiger partial charge is 0.416 e. The number of hydrogen-bond acceptors (Lipinski definition) is 7. The van der Waals surface area contributed by atoms with Crippen molar-refractivity contribution in [2.75, 3.05) is 25.0 Å². The number of aromatic amines is 1. The van der Waals surface area contributed by atoms with Crippen molar-refractivity contribution in [2.24, 2.45) is 0 Å². The van der Waals surface area contributed by atoms with Gasteiger partial charge in [-0.25, -0.2) is 9.18 Å². The highest BCUT2D eigenvalue weighted by atomic mass is 19.4. The highest BCUT2D eigenvalue weighted by Crippen LogP contribution is 2.41. The molecule has 3 N–H and O–H groups in total. The van der Waals surface area contributed by atoms with Crippen molar-refractivity contribution in [3.05, 3.63) is 53.3 Å². The van der Waals surface area contributed by atoms with Crippen molar-refractivity contribution < 1.29 is 37.1 Å². The number of H-pyrrole nitrogens is 1. The fourth-order valence-corrected chi connectivity index (χ4v) is 5.51. The van der Waals surface area contributed by atoms with Gasteiger partial charge in [0.1, 0.15) is 28.6 Å². The number of hydrogen-bond donors (Lipinski definition) is 3. The first-order chi connectivity index (χ1) is 19.4. The number of carbonyl (C=O) groups is 3. The van der Waals surface area contributed by atoms with Gasteiger partial charge < -0.3 is 10.4 Å². The molecule has 15 heteroatoms. The summed E-state index contributed by atoms with van der Waals surface area (Å²) in [6.45, 7) is 1.96. The lowest BCUT2D eigenvalue weighted by atomic mass is 9.85. The van der Waals surface area contributed by atoms with Crippen LogP contribution < -0.4 is 10.2 Å². The predicted molar refractivity (Wildman–Crippen MR) is 137 cm³/mol. The number of fused-ring (bicyclic) bond motifs is 1. The predicted octanol–water partition coefficient (Wildman–Crippen LogP) is 2.88. The number of likely N-dealkylation sites (N-methyl/N-ethyl adjacent to an activating group) is 1. The zero-order valence-electron chi connectivity index (χ0n) is 22.1. The van der Waals surface area contributed by atoms with Gasteiger partial charge in [0, 0.05) is 25.8 Å². The van der Waals surface area contributed by atoms with Gasteiger partial charge in [-0.1, -0.05) is 6.92 Å². The minimum atomic E-state index is -4.77. The molecule has 0 aliphatic carbocycles. The number of halogens is 4. The van der Waals surface area contributed by atoms with E-state index in [-0.39, 0.29) is 32.4 Å². The van der Waals surface area contributed by atoms with Gasteiger partial charge in [0.15, 0.2) is 0 Å². The summed E-state index contributed by atoms with van der Waals surface area (Å²) in [5, 5.41) is 24.1. The normalized spacial score (nSPS) is 19.3. The maximum atomic E-state index is 14.3. The van der Waals surface area contributed by atoms with E-state index in [9.17, 15) is 37.1 Å². The summed E-state index contributed by atoms with van der Waals surface area (Å²) in [5.41, 5.74) is -1.62. The van der Waals surface area contributed by atoms with Crippen molar-refractivity contribution in [3.63, 3.8) is 0 Å². The first-order valence-corrected chi connectivity index (χ1v) is 12.9. The van der Waals surface area contributed by atoms with E-state index < -0.39 is 58.8 Å². The van der Waals surface area contributed by atoms with Crippen LogP contribution in [0.1, 0.15) is 42.1 Å². The number of amides is 4. The molecule has 2 fully saturated rings. The molecule has 1 spiro atoms. The number of piperidine rings is 1. The van der Waals surface area contributed by atoms with Crippen molar-refractivity contribution in [1.29, 1.82) is 0 Å². The third kappa shape index (κ3) is 4.88. The van der Waals surface area contributed by atoms with Gasteiger partial charge in [-0.05, 0) is 55.7 Å². The number of rotatable bonds is 6. The van der Waals surface area contributed by atoms with Gasteiger partial charge in [-0.2, -0.15) is 28.6 Å². The highest BCUT2D eigenvalue weighted by molar-refractivity contribution is 6.17. The molecule has 218 valence electrons. The van der Waals surface area contributed by atoms with E-state index in [0.717, 1.165) is 4.90 Å². The van der Waals surface area contributed by atoms with Crippen LogP contribution in [0.3, 0.4) is 0 Å². The maximum Gasteiger partial charge on any atom is 0.416 e. The molecule has 2 aromatic carbocycles. The number of nitrogens with one attached hydrogen (secondary N) is 2. The van der Waals surface area contributed by atoms with Crippen molar-refractivity contribution >= 4 is 34.6 Å². The molecule has 3 aromatic rings. The van der Waals surface area contributed by atoms with Gasteiger partial charge in [-0.3, -0.25) is 24.3 Å². The quantitative estimate of drug-likeness (QED) is 0.303. The first-order valence-electron chi connectivity index (χ1n) is 12.9. The molecule has 0 radical (unpaired) electrons. The number of likely N-dealkylation sites (tertiary alicyclic amines) is 1. The van der Waals surface area contributed by atoms with E-state index in [1.165, 1.54) is 11.9 Å². The molecule has 4 amide bonds. The molecule has 2 aliphatic rings. The number of aliphatic hydroxyl groups excluding tert-OH is 1.